The van der Waals surface area contributed by atoms with Crippen molar-refractivity contribution in [3.63, 3.8) is 0 Å². The Kier molecular flexibility index (Phi) is 14.5. The highest BCUT2D eigenvalue weighted by atomic mass is 32.2. The van der Waals surface area contributed by atoms with Gasteiger partial charge in [-0.1, -0.05) is 87.4 Å². The number of imide groups is 2. The molecule has 12 nitrogen and oxygen atoms in total. The standard InChI is InChI=1S/C58H60N2O10S/c1-6-9-35(7-2)32-70-39-16-12-37(13-17-39)27-29-60-55(64)46-24-20-42-40-18-22-44-51-45(23-19-41(49(40)51)43-21-25-47(56(60)65)52(46)50(42)43)54(63)59(53(44)62)28-26-36-10-14-38(15-11-36)68-30-31-69-57(66)58(4,5)34-71-33-48(61)67-8-3/h10-25,35,42,47H,6-9,26-34H2,1-5H3. The van der Waals surface area contributed by atoms with Crippen LogP contribution in [0.2, 0.25) is 0 Å². The van der Waals surface area contributed by atoms with Crippen LogP contribution in [0.3, 0.4) is 0 Å². The van der Waals surface area contributed by atoms with E-state index in [9.17, 15) is 28.8 Å². The van der Waals surface area contributed by atoms with Gasteiger partial charge in [0.2, 0.25) is 5.91 Å². The molecule has 0 fully saturated rings. The summed E-state index contributed by atoms with van der Waals surface area (Å²) in [5.74, 6) is -0.313. The molecule has 4 aromatic rings. The summed E-state index contributed by atoms with van der Waals surface area (Å²) in [6, 6.07) is 22.8. The zero-order valence-corrected chi connectivity index (χ0v) is 41.9. The van der Waals surface area contributed by atoms with Gasteiger partial charge in [-0.25, -0.2) is 0 Å². The molecule has 0 saturated carbocycles. The van der Waals surface area contributed by atoms with E-state index < -0.39 is 11.3 Å². The number of fused-ring (bicyclic) bond motifs is 2. The van der Waals surface area contributed by atoms with Gasteiger partial charge in [-0.2, -0.15) is 0 Å². The van der Waals surface area contributed by atoms with Crippen molar-refractivity contribution < 1.29 is 47.7 Å². The van der Waals surface area contributed by atoms with Gasteiger partial charge in [0.15, 0.2) is 0 Å². The van der Waals surface area contributed by atoms with Gasteiger partial charge in [0.25, 0.3) is 17.7 Å². The minimum absolute atomic E-state index is 0.0587. The molecule has 0 N–H and O–H groups in total. The summed E-state index contributed by atoms with van der Waals surface area (Å²) < 4.78 is 22.3. The molecule has 3 atom stereocenters. The van der Waals surface area contributed by atoms with Crippen molar-refractivity contribution in [3.8, 4) is 11.5 Å². The molecule has 13 heteroatoms. The summed E-state index contributed by atoms with van der Waals surface area (Å²) in [5.41, 5.74) is 6.96. The van der Waals surface area contributed by atoms with Crippen LogP contribution in [0, 0.1) is 17.3 Å². The normalized spacial score (nSPS) is 18.0. The van der Waals surface area contributed by atoms with Gasteiger partial charge in [-0.05, 0) is 127 Å². The first kappa shape index (κ1) is 49.3. The zero-order valence-electron chi connectivity index (χ0n) is 41.0. The first-order valence-electron chi connectivity index (χ1n) is 24.8. The fourth-order valence-corrected chi connectivity index (χ4v) is 11.3. The van der Waals surface area contributed by atoms with Crippen molar-refractivity contribution in [1.29, 1.82) is 0 Å². The molecule has 368 valence electrons. The molecule has 0 saturated heterocycles. The number of carbonyl (C=O) groups is 6. The highest BCUT2D eigenvalue weighted by Gasteiger charge is 2.47. The predicted octanol–water partition coefficient (Wildman–Crippen LogP) is 9.64. The molecule has 2 aliphatic heterocycles. The monoisotopic (exact) mass is 976 g/mol. The largest absolute Gasteiger partial charge is 0.493 e. The molecule has 2 heterocycles. The molecule has 0 radical (unpaired) electrons. The molecule has 71 heavy (non-hydrogen) atoms. The van der Waals surface area contributed by atoms with Crippen molar-refractivity contribution in [2.75, 3.05) is 51.0 Å². The van der Waals surface area contributed by atoms with Crippen molar-refractivity contribution >= 4 is 63.7 Å². The Hall–Kier alpha value is -6.73. The van der Waals surface area contributed by atoms with Gasteiger partial charge < -0.3 is 18.9 Å². The molecule has 0 aromatic heterocycles. The summed E-state index contributed by atoms with van der Waals surface area (Å²) in [6.45, 7) is 11.3. The first-order chi connectivity index (χ1) is 34.3. The van der Waals surface area contributed by atoms with Gasteiger partial charge >= 0.3 is 11.9 Å². The first-order valence-corrected chi connectivity index (χ1v) is 26.0. The lowest BCUT2D eigenvalue weighted by molar-refractivity contribution is -0.153. The average molecular weight is 977 g/mol. The third-order valence-corrected chi connectivity index (χ3v) is 15.5. The number of rotatable bonds is 22. The van der Waals surface area contributed by atoms with E-state index in [1.165, 1.54) is 21.6 Å². The lowest BCUT2D eigenvalue weighted by Gasteiger charge is -2.42. The maximum Gasteiger partial charge on any atom is 0.315 e. The van der Waals surface area contributed by atoms with Crippen molar-refractivity contribution in [2.45, 2.75) is 72.6 Å². The van der Waals surface area contributed by atoms with Crippen LogP contribution >= 0.6 is 11.8 Å². The molecule has 3 unspecified atom stereocenters. The van der Waals surface area contributed by atoms with E-state index >= 15 is 0 Å². The molecule has 5 aliphatic rings. The van der Waals surface area contributed by atoms with E-state index in [1.54, 1.807) is 39.0 Å². The summed E-state index contributed by atoms with van der Waals surface area (Å²) in [7, 11) is 0. The fourth-order valence-electron chi connectivity index (χ4n) is 10.3. The van der Waals surface area contributed by atoms with E-state index in [0.29, 0.717) is 65.6 Å². The van der Waals surface area contributed by atoms with Gasteiger partial charge in [0.1, 0.15) is 24.7 Å². The maximum atomic E-state index is 14.2. The van der Waals surface area contributed by atoms with Crippen LogP contribution in [-0.4, -0.2) is 96.4 Å². The quantitative estimate of drug-likeness (QED) is 0.0422. The van der Waals surface area contributed by atoms with E-state index in [-0.39, 0.29) is 73.5 Å². The number of hydrogen-bond donors (Lipinski definition) is 0. The number of amides is 4. The maximum absolute atomic E-state index is 14.2. The summed E-state index contributed by atoms with van der Waals surface area (Å²) in [6.07, 6.45) is 12.1. The van der Waals surface area contributed by atoms with Crippen LogP contribution in [0.1, 0.15) is 103 Å². The number of carbonyl (C=O) groups excluding carboxylic acids is 6. The summed E-state index contributed by atoms with van der Waals surface area (Å²) >= 11 is 1.33. The van der Waals surface area contributed by atoms with Gasteiger partial charge in [0.05, 0.1) is 30.3 Å². The van der Waals surface area contributed by atoms with Gasteiger partial charge in [-0.15, -0.1) is 11.8 Å². The highest BCUT2D eigenvalue weighted by Crippen LogP contribution is 2.55. The van der Waals surface area contributed by atoms with Gasteiger partial charge in [0, 0.05) is 46.8 Å². The van der Waals surface area contributed by atoms with Crippen molar-refractivity contribution in [3.05, 3.63) is 147 Å². The fraction of sp³-hybridized carbons (Fsp3) is 0.379. The number of esters is 2. The molecule has 9 rings (SSSR count). The number of ether oxygens (including phenoxy) is 4. The Labute approximate surface area is 419 Å². The molecule has 0 bridgehead atoms. The minimum atomic E-state index is -0.788. The molecular weight excluding hydrogens is 917 g/mol. The smallest absolute Gasteiger partial charge is 0.315 e. The Balaban J connectivity index is 0.837. The number of benzene rings is 4. The highest BCUT2D eigenvalue weighted by molar-refractivity contribution is 8.00. The van der Waals surface area contributed by atoms with Crippen LogP contribution in [0.5, 0.6) is 11.5 Å². The van der Waals surface area contributed by atoms with E-state index in [0.717, 1.165) is 69.4 Å². The van der Waals surface area contributed by atoms with Crippen LogP contribution in [0.4, 0.5) is 0 Å². The average Bonchev–Trinajstić information content (AvgIpc) is 3.37. The second kappa shape index (κ2) is 20.9. The number of hydrogen-bond acceptors (Lipinski definition) is 11. The Morgan fingerprint density at radius 1 is 0.662 bits per heavy atom. The number of allylic oxidation sites excluding steroid dienone is 4. The lowest BCUT2D eigenvalue weighted by Crippen LogP contribution is -2.48. The molecule has 4 amide bonds. The van der Waals surface area contributed by atoms with Crippen LogP contribution < -0.4 is 9.47 Å². The van der Waals surface area contributed by atoms with Gasteiger partial charge in [-0.3, -0.25) is 38.6 Å². The van der Waals surface area contributed by atoms with E-state index in [2.05, 4.69) is 13.8 Å². The van der Waals surface area contributed by atoms with Crippen molar-refractivity contribution in [1.82, 2.24) is 9.80 Å². The third-order valence-electron chi connectivity index (χ3n) is 14.2. The van der Waals surface area contributed by atoms with Crippen LogP contribution in [-0.2, 0) is 41.5 Å². The molecular formula is C58H60N2O10S. The van der Waals surface area contributed by atoms with E-state index in [4.69, 9.17) is 18.9 Å². The van der Waals surface area contributed by atoms with Crippen molar-refractivity contribution in [2.24, 2.45) is 17.3 Å². The summed E-state index contributed by atoms with van der Waals surface area (Å²) in [4.78, 5) is 84.0. The lowest BCUT2D eigenvalue weighted by atomic mass is 9.64. The molecule has 3 aliphatic carbocycles. The second-order valence-electron chi connectivity index (χ2n) is 19.3. The Morgan fingerprint density at radius 3 is 1.93 bits per heavy atom. The van der Waals surface area contributed by atoms with Crippen LogP contribution in [0.15, 0.2) is 114 Å². The molecule has 4 aromatic carbocycles. The second-order valence-corrected chi connectivity index (χ2v) is 20.3. The zero-order chi connectivity index (χ0) is 50.0. The Bertz CT molecular complexity index is 2910. The number of nitrogens with zero attached hydrogens (tertiary/aromatic N) is 2. The minimum Gasteiger partial charge on any atom is -0.493 e. The molecule has 0 spiro atoms. The topological polar surface area (TPSA) is 146 Å². The Morgan fingerprint density at radius 2 is 1.27 bits per heavy atom. The SMILES string of the molecule is CCCC(CC)COc1ccc(CCN2C(=O)C3=C4C5=C(C=CC4C2=O)c2ccc4c6c(ccc(c26)C5C=C3)C(=O)N(CCc2ccc(OCCOC(=O)C(C)(C)CSCC(=O)OCC)cc2)C4=O)cc1. The van der Waals surface area contributed by atoms with Crippen LogP contribution in [0.25, 0.3) is 16.3 Å². The number of thioether (sulfide) groups is 1. The van der Waals surface area contributed by atoms with E-state index in [1.807, 2.05) is 78.9 Å². The summed E-state index contributed by atoms with van der Waals surface area (Å²) in [5, 5.41) is 1.48. The third kappa shape index (κ3) is 9.73. The predicted molar refractivity (Wildman–Crippen MR) is 273 cm³/mol.